The van der Waals surface area contributed by atoms with Gasteiger partial charge in [-0.3, -0.25) is 0 Å². The summed E-state index contributed by atoms with van der Waals surface area (Å²) in [7, 11) is 0. The molecular formula is C15H20N2S. The molecule has 1 aromatic carbocycles. The van der Waals surface area contributed by atoms with Crippen molar-refractivity contribution >= 4 is 17.4 Å². The van der Waals surface area contributed by atoms with Crippen LogP contribution in [0.15, 0.2) is 23.1 Å². The third kappa shape index (κ3) is 2.49. The van der Waals surface area contributed by atoms with E-state index in [-0.39, 0.29) is 5.41 Å². The Morgan fingerprint density at radius 3 is 2.72 bits per heavy atom. The molecule has 1 aromatic rings. The monoisotopic (exact) mass is 260 g/mol. The number of benzene rings is 1. The number of fused-ring (bicyclic) bond motifs is 1. The summed E-state index contributed by atoms with van der Waals surface area (Å²) < 4.78 is 0. The first-order chi connectivity index (χ1) is 8.43. The lowest BCUT2D eigenvalue weighted by molar-refractivity contribution is 0.587. The van der Waals surface area contributed by atoms with E-state index in [1.54, 1.807) is 0 Å². The van der Waals surface area contributed by atoms with E-state index >= 15 is 0 Å². The Hall–Kier alpha value is -1.14. The van der Waals surface area contributed by atoms with Crippen LogP contribution in [0.2, 0.25) is 0 Å². The van der Waals surface area contributed by atoms with Gasteiger partial charge in [-0.2, -0.15) is 5.26 Å². The highest BCUT2D eigenvalue weighted by atomic mass is 32.2. The Morgan fingerprint density at radius 1 is 1.39 bits per heavy atom. The van der Waals surface area contributed by atoms with Gasteiger partial charge in [0.05, 0.1) is 11.8 Å². The Kier molecular flexibility index (Phi) is 3.59. The minimum absolute atomic E-state index is 0.140. The number of hydrogen-bond donors (Lipinski definition) is 1. The highest BCUT2D eigenvalue weighted by molar-refractivity contribution is 8.00. The van der Waals surface area contributed by atoms with Gasteiger partial charge in [0, 0.05) is 22.6 Å². The molecule has 1 N–H and O–H groups in total. The summed E-state index contributed by atoms with van der Waals surface area (Å²) in [6, 6.07) is 9.09. The second kappa shape index (κ2) is 4.85. The maximum Gasteiger partial charge on any atom is 0.0634 e. The summed E-state index contributed by atoms with van der Waals surface area (Å²) in [6.45, 7) is 8.88. The van der Waals surface area contributed by atoms with Crippen LogP contribution in [0, 0.1) is 11.3 Å². The van der Waals surface area contributed by atoms with Gasteiger partial charge in [-0.15, -0.1) is 11.8 Å². The number of anilines is 1. The fourth-order valence-corrected chi connectivity index (χ4v) is 3.50. The molecule has 2 rings (SSSR count). The van der Waals surface area contributed by atoms with Crippen molar-refractivity contribution < 1.29 is 0 Å². The van der Waals surface area contributed by atoms with Crippen LogP contribution in [-0.4, -0.2) is 11.3 Å². The van der Waals surface area contributed by atoms with Gasteiger partial charge in [0.25, 0.3) is 0 Å². The largest absolute Gasteiger partial charge is 0.380 e. The SMILES string of the molecule is CC1Nc2c(cccc2C(C)(C)C)SC1CC#N. The molecule has 0 fully saturated rings. The Morgan fingerprint density at radius 2 is 2.11 bits per heavy atom. The Balaban J connectivity index is 2.40. The zero-order valence-electron chi connectivity index (χ0n) is 11.4. The van der Waals surface area contributed by atoms with E-state index in [2.05, 4.69) is 57.3 Å². The van der Waals surface area contributed by atoms with Gasteiger partial charge in [0.15, 0.2) is 0 Å². The van der Waals surface area contributed by atoms with Crippen molar-refractivity contribution in [2.24, 2.45) is 0 Å². The molecule has 0 spiro atoms. The number of nitrogens with zero attached hydrogens (tertiary/aromatic N) is 1. The molecule has 0 amide bonds. The number of hydrogen-bond acceptors (Lipinski definition) is 3. The summed E-state index contributed by atoms with van der Waals surface area (Å²) in [5.74, 6) is 0. The zero-order valence-corrected chi connectivity index (χ0v) is 12.3. The van der Waals surface area contributed by atoms with E-state index in [9.17, 15) is 0 Å². The van der Waals surface area contributed by atoms with Gasteiger partial charge in [0.2, 0.25) is 0 Å². The third-order valence-corrected chi connectivity index (χ3v) is 4.81. The molecule has 0 aromatic heterocycles. The highest BCUT2D eigenvalue weighted by Gasteiger charge is 2.29. The first-order valence-electron chi connectivity index (χ1n) is 6.37. The summed E-state index contributed by atoms with van der Waals surface area (Å²) in [6.07, 6.45) is 0.595. The molecule has 0 radical (unpaired) electrons. The van der Waals surface area contributed by atoms with Gasteiger partial charge >= 0.3 is 0 Å². The van der Waals surface area contributed by atoms with E-state index in [1.165, 1.54) is 16.1 Å². The standard InChI is InChI=1S/C15H20N2S/c1-10-12(8-9-16)18-13-7-5-6-11(14(13)17-10)15(2,3)4/h5-7,10,12,17H,8H2,1-4H3. The Labute approximate surface area is 114 Å². The van der Waals surface area contributed by atoms with Crippen molar-refractivity contribution in [3.05, 3.63) is 23.8 Å². The van der Waals surface area contributed by atoms with Crippen molar-refractivity contribution in [1.82, 2.24) is 0 Å². The van der Waals surface area contributed by atoms with E-state index in [0.717, 1.165) is 0 Å². The first-order valence-corrected chi connectivity index (χ1v) is 7.25. The van der Waals surface area contributed by atoms with Crippen LogP contribution in [0.1, 0.15) is 39.7 Å². The summed E-state index contributed by atoms with van der Waals surface area (Å²) in [5, 5.41) is 12.8. The molecule has 1 aliphatic rings. The summed E-state index contributed by atoms with van der Waals surface area (Å²) in [5.41, 5.74) is 2.76. The second-order valence-electron chi connectivity index (χ2n) is 5.88. The normalized spacial score (nSPS) is 22.8. The molecule has 0 saturated heterocycles. The smallest absolute Gasteiger partial charge is 0.0634 e. The number of nitriles is 1. The lowest BCUT2D eigenvalue weighted by atomic mass is 9.85. The average molecular weight is 260 g/mol. The predicted molar refractivity (Wildman–Crippen MR) is 78.1 cm³/mol. The molecule has 2 atom stereocenters. The molecule has 1 heterocycles. The summed E-state index contributed by atoms with van der Waals surface area (Å²) >= 11 is 1.83. The van der Waals surface area contributed by atoms with Crippen molar-refractivity contribution in [3.8, 4) is 6.07 Å². The topological polar surface area (TPSA) is 35.8 Å². The van der Waals surface area contributed by atoms with Gasteiger partial charge in [0.1, 0.15) is 0 Å². The van der Waals surface area contributed by atoms with Crippen molar-refractivity contribution in [2.45, 2.75) is 55.7 Å². The molecule has 96 valence electrons. The predicted octanol–water partition coefficient (Wildman–Crippen LogP) is 4.17. The third-order valence-electron chi connectivity index (χ3n) is 3.33. The maximum atomic E-state index is 8.88. The fraction of sp³-hybridized carbons (Fsp3) is 0.533. The van der Waals surface area contributed by atoms with Gasteiger partial charge < -0.3 is 5.32 Å². The van der Waals surface area contributed by atoms with Gasteiger partial charge in [-0.05, 0) is 24.0 Å². The molecule has 18 heavy (non-hydrogen) atoms. The second-order valence-corrected chi connectivity index (χ2v) is 7.16. The number of para-hydroxylation sites is 1. The van der Waals surface area contributed by atoms with E-state index in [0.29, 0.717) is 17.7 Å². The van der Waals surface area contributed by atoms with Crippen molar-refractivity contribution in [2.75, 3.05) is 5.32 Å². The van der Waals surface area contributed by atoms with Crippen LogP contribution in [-0.2, 0) is 5.41 Å². The highest BCUT2D eigenvalue weighted by Crippen LogP contribution is 2.43. The van der Waals surface area contributed by atoms with Crippen LogP contribution in [0.4, 0.5) is 5.69 Å². The number of rotatable bonds is 1. The van der Waals surface area contributed by atoms with Crippen LogP contribution < -0.4 is 5.32 Å². The Bertz CT molecular complexity index is 482. The van der Waals surface area contributed by atoms with Crippen LogP contribution in [0.3, 0.4) is 0 Å². The molecule has 0 aliphatic carbocycles. The van der Waals surface area contributed by atoms with E-state index in [1.807, 2.05) is 11.8 Å². The first kappa shape index (κ1) is 13.3. The van der Waals surface area contributed by atoms with Crippen LogP contribution >= 0.6 is 11.8 Å². The molecule has 0 bridgehead atoms. The molecule has 3 heteroatoms. The summed E-state index contributed by atoms with van der Waals surface area (Å²) in [4.78, 5) is 1.28. The molecule has 2 nitrogen and oxygen atoms in total. The maximum absolute atomic E-state index is 8.88. The fourth-order valence-electron chi connectivity index (χ4n) is 2.30. The minimum Gasteiger partial charge on any atom is -0.380 e. The molecule has 1 aliphatic heterocycles. The van der Waals surface area contributed by atoms with Gasteiger partial charge in [-0.25, -0.2) is 0 Å². The number of thioether (sulfide) groups is 1. The lowest BCUT2D eigenvalue weighted by Crippen LogP contribution is -2.33. The van der Waals surface area contributed by atoms with Crippen LogP contribution in [0.5, 0.6) is 0 Å². The number of nitrogens with one attached hydrogen (secondary N) is 1. The molecule has 2 unspecified atom stereocenters. The minimum atomic E-state index is 0.140. The zero-order chi connectivity index (χ0) is 13.3. The van der Waals surface area contributed by atoms with Crippen molar-refractivity contribution in [1.29, 1.82) is 5.26 Å². The van der Waals surface area contributed by atoms with Gasteiger partial charge in [-0.1, -0.05) is 32.9 Å². The lowest BCUT2D eigenvalue weighted by Gasteiger charge is -2.34. The van der Waals surface area contributed by atoms with E-state index in [4.69, 9.17) is 5.26 Å². The van der Waals surface area contributed by atoms with Crippen molar-refractivity contribution in [3.63, 3.8) is 0 Å². The molecule has 0 saturated carbocycles. The quantitative estimate of drug-likeness (QED) is 0.823. The van der Waals surface area contributed by atoms with Crippen LogP contribution in [0.25, 0.3) is 0 Å². The molecular weight excluding hydrogens is 240 g/mol. The van der Waals surface area contributed by atoms with E-state index < -0.39 is 0 Å². The average Bonchev–Trinajstić information content (AvgIpc) is 2.28.